The van der Waals surface area contributed by atoms with Crippen molar-refractivity contribution in [1.82, 2.24) is 0 Å². The number of aliphatic carboxylic acids is 2. The van der Waals surface area contributed by atoms with E-state index in [0.717, 1.165) is 12.8 Å². The molecule has 7 heteroatoms. The summed E-state index contributed by atoms with van der Waals surface area (Å²) >= 11 is 0. The van der Waals surface area contributed by atoms with E-state index in [0.29, 0.717) is 32.1 Å². The molecule has 1 rings (SSSR count). The van der Waals surface area contributed by atoms with E-state index in [2.05, 4.69) is 0 Å². The van der Waals surface area contributed by atoms with Gasteiger partial charge < -0.3 is 20.4 Å². The summed E-state index contributed by atoms with van der Waals surface area (Å²) < 4.78 is 0. The highest BCUT2D eigenvalue weighted by molar-refractivity contribution is 6.32. The second-order valence-electron chi connectivity index (χ2n) is 6.31. The van der Waals surface area contributed by atoms with E-state index in [4.69, 9.17) is 10.2 Å². The van der Waals surface area contributed by atoms with Crippen molar-refractivity contribution in [3.63, 3.8) is 0 Å². The van der Waals surface area contributed by atoms with Gasteiger partial charge in [0.15, 0.2) is 0 Å². The molecular weight excluding hydrogens is 304 g/mol. The van der Waals surface area contributed by atoms with Gasteiger partial charge >= 0.3 is 11.9 Å². The molecule has 0 heterocycles. The molecule has 23 heavy (non-hydrogen) atoms. The largest absolute Gasteiger partial charge is 0.481 e. The average Bonchev–Trinajstić information content (AvgIpc) is 2.72. The maximum absolute atomic E-state index is 11.1. The van der Waals surface area contributed by atoms with Crippen LogP contribution in [0.3, 0.4) is 0 Å². The normalized spacial score (nSPS) is 27.0. The molecule has 1 aliphatic carbocycles. The summed E-state index contributed by atoms with van der Waals surface area (Å²) in [7, 11) is 0. The van der Waals surface area contributed by atoms with E-state index in [9.17, 15) is 24.6 Å². The summed E-state index contributed by atoms with van der Waals surface area (Å²) in [5.41, 5.74) is 0. The van der Waals surface area contributed by atoms with Crippen molar-refractivity contribution in [3.05, 3.63) is 0 Å². The molecule has 0 radical (unpaired) electrons. The first-order chi connectivity index (χ1) is 10.8. The Balaban J connectivity index is 2.37. The van der Waals surface area contributed by atoms with Crippen LogP contribution in [0.1, 0.15) is 57.8 Å². The summed E-state index contributed by atoms with van der Waals surface area (Å²) in [6.45, 7) is 0. The van der Waals surface area contributed by atoms with Crippen LogP contribution in [0.25, 0.3) is 0 Å². The number of rotatable bonds is 11. The van der Waals surface area contributed by atoms with Gasteiger partial charge in [-0.3, -0.25) is 9.59 Å². The monoisotopic (exact) mass is 330 g/mol. The van der Waals surface area contributed by atoms with Crippen LogP contribution < -0.4 is 0 Å². The van der Waals surface area contributed by atoms with Gasteiger partial charge in [-0.1, -0.05) is 12.8 Å². The lowest BCUT2D eigenvalue weighted by Gasteiger charge is -2.23. The molecule has 1 fully saturated rings. The van der Waals surface area contributed by atoms with E-state index in [-0.39, 0.29) is 24.7 Å². The van der Waals surface area contributed by atoms with E-state index >= 15 is 0 Å². The standard InChI is InChI=1S/C16H26O7/c17-12(16(22)23)7-4-6-11-10(13(18)9-14(11)19)5-2-1-3-8-15(20)21/h10-11,13-14,18-19H,1-9H2,(H,20,21)(H,22,23)/t10-,11-,13+,14+/m1/s1. The Morgan fingerprint density at radius 2 is 1.35 bits per heavy atom. The summed E-state index contributed by atoms with van der Waals surface area (Å²) in [6.07, 6.45) is 2.90. The van der Waals surface area contributed by atoms with Crippen molar-refractivity contribution in [1.29, 1.82) is 0 Å². The van der Waals surface area contributed by atoms with Gasteiger partial charge in [0.2, 0.25) is 5.78 Å². The fourth-order valence-corrected chi connectivity index (χ4v) is 3.42. The second kappa shape index (κ2) is 9.62. The lowest BCUT2D eigenvalue weighted by molar-refractivity contribution is -0.149. The average molecular weight is 330 g/mol. The van der Waals surface area contributed by atoms with Gasteiger partial charge in [0, 0.05) is 12.8 Å². The first-order valence-electron chi connectivity index (χ1n) is 8.17. The molecule has 0 aliphatic heterocycles. The smallest absolute Gasteiger partial charge is 0.372 e. The van der Waals surface area contributed by atoms with Crippen LogP contribution in [0.2, 0.25) is 0 Å². The number of carbonyl (C=O) groups excluding carboxylic acids is 1. The molecule has 0 unspecified atom stereocenters. The van der Waals surface area contributed by atoms with Crippen LogP contribution in [0, 0.1) is 11.8 Å². The molecule has 7 nitrogen and oxygen atoms in total. The van der Waals surface area contributed by atoms with Gasteiger partial charge in [-0.05, 0) is 43.9 Å². The number of ketones is 1. The molecule has 0 spiro atoms. The Morgan fingerprint density at radius 3 is 1.87 bits per heavy atom. The van der Waals surface area contributed by atoms with Gasteiger partial charge in [0.1, 0.15) is 0 Å². The molecule has 4 N–H and O–H groups in total. The van der Waals surface area contributed by atoms with E-state index in [1.54, 1.807) is 0 Å². The Morgan fingerprint density at radius 1 is 0.783 bits per heavy atom. The van der Waals surface area contributed by atoms with Crippen molar-refractivity contribution in [2.75, 3.05) is 0 Å². The topological polar surface area (TPSA) is 132 Å². The third-order valence-electron chi connectivity index (χ3n) is 4.63. The van der Waals surface area contributed by atoms with E-state index in [1.807, 2.05) is 0 Å². The number of aliphatic hydroxyl groups is 2. The highest BCUT2D eigenvalue weighted by atomic mass is 16.4. The minimum absolute atomic E-state index is 0.0556. The molecule has 132 valence electrons. The molecule has 4 atom stereocenters. The molecule has 0 aromatic heterocycles. The van der Waals surface area contributed by atoms with Crippen LogP contribution in [-0.2, 0) is 14.4 Å². The maximum atomic E-state index is 11.1. The van der Waals surface area contributed by atoms with Crippen LogP contribution in [0.5, 0.6) is 0 Å². The third kappa shape index (κ3) is 6.66. The number of carbonyl (C=O) groups is 3. The second-order valence-corrected chi connectivity index (χ2v) is 6.31. The number of Topliss-reactive ketones (excluding diaryl/α,β-unsaturated/α-hetero) is 1. The highest BCUT2D eigenvalue weighted by Crippen LogP contribution is 2.39. The molecular formula is C16H26O7. The molecule has 0 amide bonds. The minimum Gasteiger partial charge on any atom is -0.481 e. The number of hydrogen-bond acceptors (Lipinski definition) is 5. The predicted molar refractivity (Wildman–Crippen MR) is 80.8 cm³/mol. The van der Waals surface area contributed by atoms with Crippen molar-refractivity contribution in [3.8, 4) is 0 Å². The van der Waals surface area contributed by atoms with Gasteiger partial charge in [-0.15, -0.1) is 0 Å². The van der Waals surface area contributed by atoms with Crippen molar-refractivity contribution in [2.24, 2.45) is 11.8 Å². The van der Waals surface area contributed by atoms with Crippen LogP contribution in [0.4, 0.5) is 0 Å². The van der Waals surface area contributed by atoms with Crippen LogP contribution in [0.15, 0.2) is 0 Å². The molecule has 0 aromatic rings. The quantitative estimate of drug-likeness (QED) is 0.330. The fraction of sp³-hybridized carbons (Fsp3) is 0.812. The summed E-state index contributed by atoms with van der Waals surface area (Å²) in [4.78, 5) is 32.0. The molecule has 0 aromatic carbocycles. The Labute approximate surface area is 135 Å². The lowest BCUT2D eigenvalue weighted by Crippen LogP contribution is -2.23. The molecule has 1 aliphatic rings. The van der Waals surface area contributed by atoms with Gasteiger partial charge in [0.25, 0.3) is 0 Å². The molecule has 0 bridgehead atoms. The Kier molecular flexibility index (Phi) is 8.19. The van der Waals surface area contributed by atoms with Crippen molar-refractivity contribution < 1.29 is 34.8 Å². The van der Waals surface area contributed by atoms with Crippen LogP contribution >= 0.6 is 0 Å². The zero-order chi connectivity index (χ0) is 17.4. The van der Waals surface area contributed by atoms with Gasteiger partial charge in [-0.2, -0.15) is 0 Å². The number of unbranched alkanes of at least 4 members (excludes halogenated alkanes) is 2. The lowest BCUT2D eigenvalue weighted by atomic mass is 9.85. The number of carboxylic acid groups (broad SMARTS) is 2. The predicted octanol–water partition coefficient (Wildman–Crippen LogP) is 1.20. The third-order valence-corrected chi connectivity index (χ3v) is 4.63. The zero-order valence-electron chi connectivity index (χ0n) is 13.2. The zero-order valence-corrected chi connectivity index (χ0v) is 13.2. The SMILES string of the molecule is O=C(O)CCCCC[C@@H]1[C@@H](CCCC(=O)C(=O)O)[C@@H](O)C[C@@H]1O. The number of carboxylic acids is 2. The van der Waals surface area contributed by atoms with E-state index < -0.39 is 29.9 Å². The first-order valence-corrected chi connectivity index (χ1v) is 8.17. The van der Waals surface area contributed by atoms with E-state index in [1.165, 1.54) is 0 Å². The van der Waals surface area contributed by atoms with Crippen molar-refractivity contribution >= 4 is 17.7 Å². The molecule has 0 saturated heterocycles. The summed E-state index contributed by atoms with van der Waals surface area (Å²) in [6, 6.07) is 0. The highest BCUT2D eigenvalue weighted by Gasteiger charge is 2.40. The maximum Gasteiger partial charge on any atom is 0.372 e. The number of aliphatic hydroxyl groups excluding tert-OH is 2. The summed E-state index contributed by atoms with van der Waals surface area (Å²) in [5.74, 6) is -3.29. The van der Waals surface area contributed by atoms with Gasteiger partial charge in [0.05, 0.1) is 12.2 Å². The summed E-state index contributed by atoms with van der Waals surface area (Å²) in [5, 5.41) is 37.2. The Bertz CT molecular complexity index is 421. The van der Waals surface area contributed by atoms with Gasteiger partial charge in [-0.25, -0.2) is 4.79 Å². The molecule has 1 saturated carbocycles. The number of hydrogen-bond donors (Lipinski definition) is 4. The fourth-order valence-electron chi connectivity index (χ4n) is 3.42. The van der Waals surface area contributed by atoms with Crippen molar-refractivity contribution in [2.45, 2.75) is 70.0 Å². The Hall–Kier alpha value is -1.47. The minimum atomic E-state index is -1.44. The first kappa shape index (κ1) is 19.6. The van der Waals surface area contributed by atoms with Crippen LogP contribution in [-0.4, -0.2) is 50.4 Å².